The third-order valence-corrected chi connectivity index (χ3v) is 4.63. The van der Waals surface area contributed by atoms with Crippen molar-refractivity contribution < 1.29 is 4.74 Å². The molecule has 1 aliphatic rings. The molecule has 0 fully saturated rings. The van der Waals surface area contributed by atoms with Gasteiger partial charge in [0, 0.05) is 13.2 Å². The van der Waals surface area contributed by atoms with E-state index >= 15 is 0 Å². The van der Waals surface area contributed by atoms with Crippen LogP contribution in [0.2, 0.25) is 0 Å². The van der Waals surface area contributed by atoms with Gasteiger partial charge in [0.05, 0.1) is 5.60 Å². The average Bonchev–Trinajstić information content (AvgIpc) is 2.81. The molecule has 0 heterocycles. The summed E-state index contributed by atoms with van der Waals surface area (Å²) >= 11 is 0. The van der Waals surface area contributed by atoms with E-state index in [-0.39, 0.29) is 5.60 Å². The van der Waals surface area contributed by atoms with Crippen LogP contribution in [-0.2, 0) is 11.2 Å². The van der Waals surface area contributed by atoms with Crippen molar-refractivity contribution in [1.82, 2.24) is 5.32 Å². The highest BCUT2D eigenvalue weighted by Gasteiger charge is 2.32. The fourth-order valence-electron chi connectivity index (χ4n) is 3.16. The molecule has 0 spiro atoms. The standard InChI is InChI=1S/C18H29NO/c1-5-12-19-17-15(10-11-18(2,3)20-4)13-14-8-6-7-9-16(14)17/h6-9,15,17,19H,5,10-13H2,1-4H3. The Bertz CT molecular complexity index is 427. The van der Waals surface area contributed by atoms with Crippen LogP contribution in [0.3, 0.4) is 0 Å². The Morgan fingerprint density at radius 1 is 1.30 bits per heavy atom. The second kappa shape index (κ2) is 6.73. The third kappa shape index (κ3) is 3.62. The molecule has 1 aliphatic carbocycles. The van der Waals surface area contributed by atoms with E-state index < -0.39 is 0 Å². The predicted octanol–water partition coefficient (Wildman–Crippen LogP) is 4.10. The van der Waals surface area contributed by atoms with Gasteiger partial charge in [0.15, 0.2) is 0 Å². The maximum absolute atomic E-state index is 5.57. The van der Waals surface area contributed by atoms with E-state index in [1.807, 2.05) is 7.11 Å². The molecule has 0 saturated carbocycles. The first kappa shape index (κ1) is 15.5. The maximum Gasteiger partial charge on any atom is 0.0622 e. The van der Waals surface area contributed by atoms with E-state index in [2.05, 4.69) is 50.4 Å². The van der Waals surface area contributed by atoms with E-state index in [0.717, 1.165) is 13.0 Å². The van der Waals surface area contributed by atoms with Gasteiger partial charge in [-0.15, -0.1) is 0 Å². The molecular weight excluding hydrogens is 246 g/mol. The van der Waals surface area contributed by atoms with Gasteiger partial charge >= 0.3 is 0 Å². The fraction of sp³-hybridized carbons (Fsp3) is 0.667. The normalized spacial score (nSPS) is 22.0. The third-order valence-electron chi connectivity index (χ3n) is 4.63. The highest BCUT2D eigenvalue weighted by molar-refractivity contribution is 5.35. The Balaban J connectivity index is 2.05. The molecule has 2 rings (SSSR count). The summed E-state index contributed by atoms with van der Waals surface area (Å²) in [4.78, 5) is 0. The van der Waals surface area contributed by atoms with Gasteiger partial charge in [-0.25, -0.2) is 0 Å². The van der Waals surface area contributed by atoms with Gasteiger partial charge in [-0.05, 0) is 63.1 Å². The summed E-state index contributed by atoms with van der Waals surface area (Å²) in [7, 11) is 1.82. The summed E-state index contributed by atoms with van der Waals surface area (Å²) < 4.78 is 5.57. The summed E-state index contributed by atoms with van der Waals surface area (Å²) in [5.74, 6) is 0.702. The fourth-order valence-corrected chi connectivity index (χ4v) is 3.16. The Morgan fingerprint density at radius 2 is 2.05 bits per heavy atom. The maximum atomic E-state index is 5.57. The smallest absolute Gasteiger partial charge is 0.0622 e. The van der Waals surface area contributed by atoms with Crippen molar-refractivity contribution in [2.75, 3.05) is 13.7 Å². The van der Waals surface area contributed by atoms with Crippen LogP contribution >= 0.6 is 0 Å². The van der Waals surface area contributed by atoms with E-state index in [9.17, 15) is 0 Å². The van der Waals surface area contributed by atoms with Crippen molar-refractivity contribution in [2.24, 2.45) is 5.92 Å². The van der Waals surface area contributed by atoms with Gasteiger partial charge < -0.3 is 10.1 Å². The SMILES string of the molecule is CCCNC1c2ccccc2CC1CCC(C)(C)OC. The molecule has 0 bridgehead atoms. The molecular formula is C18H29NO. The predicted molar refractivity (Wildman–Crippen MR) is 85.0 cm³/mol. The Labute approximate surface area is 123 Å². The summed E-state index contributed by atoms with van der Waals surface area (Å²) in [6.07, 6.45) is 4.73. The molecule has 112 valence electrons. The van der Waals surface area contributed by atoms with Crippen molar-refractivity contribution in [3.05, 3.63) is 35.4 Å². The minimum absolute atomic E-state index is 0.00984. The minimum Gasteiger partial charge on any atom is -0.379 e. The van der Waals surface area contributed by atoms with Crippen LogP contribution in [0.25, 0.3) is 0 Å². The van der Waals surface area contributed by atoms with Crippen molar-refractivity contribution in [3.8, 4) is 0 Å². The van der Waals surface area contributed by atoms with Gasteiger partial charge in [0.25, 0.3) is 0 Å². The number of ether oxygens (including phenoxy) is 1. The zero-order valence-corrected chi connectivity index (χ0v) is 13.4. The molecule has 0 amide bonds. The molecule has 1 N–H and O–H groups in total. The summed E-state index contributed by atoms with van der Waals surface area (Å²) in [6, 6.07) is 9.44. The Hall–Kier alpha value is -0.860. The number of benzene rings is 1. The molecule has 1 aromatic carbocycles. The number of methoxy groups -OCH3 is 1. The highest BCUT2D eigenvalue weighted by atomic mass is 16.5. The Morgan fingerprint density at radius 3 is 2.75 bits per heavy atom. The molecule has 0 saturated heterocycles. The van der Waals surface area contributed by atoms with Crippen molar-refractivity contribution in [1.29, 1.82) is 0 Å². The number of hydrogen-bond donors (Lipinski definition) is 1. The topological polar surface area (TPSA) is 21.3 Å². The van der Waals surface area contributed by atoms with E-state index in [1.165, 1.54) is 30.4 Å². The quantitative estimate of drug-likeness (QED) is 0.808. The average molecular weight is 275 g/mol. The zero-order valence-electron chi connectivity index (χ0n) is 13.4. The number of rotatable bonds is 7. The van der Waals surface area contributed by atoms with Crippen LogP contribution in [0.1, 0.15) is 57.2 Å². The number of fused-ring (bicyclic) bond motifs is 1. The molecule has 0 radical (unpaired) electrons. The largest absolute Gasteiger partial charge is 0.379 e. The summed E-state index contributed by atoms with van der Waals surface area (Å²) in [6.45, 7) is 7.70. The first-order valence-corrected chi connectivity index (χ1v) is 7.93. The van der Waals surface area contributed by atoms with Gasteiger partial charge in [-0.1, -0.05) is 31.2 Å². The second-order valence-corrected chi connectivity index (χ2v) is 6.60. The number of nitrogens with one attached hydrogen (secondary N) is 1. The molecule has 2 heteroatoms. The number of hydrogen-bond acceptors (Lipinski definition) is 2. The minimum atomic E-state index is -0.00984. The van der Waals surface area contributed by atoms with Crippen LogP contribution in [0.15, 0.2) is 24.3 Å². The lowest BCUT2D eigenvalue weighted by molar-refractivity contribution is 0.00944. The van der Waals surface area contributed by atoms with Crippen LogP contribution < -0.4 is 5.32 Å². The first-order chi connectivity index (χ1) is 9.57. The van der Waals surface area contributed by atoms with E-state index in [1.54, 1.807) is 0 Å². The lowest BCUT2D eigenvalue weighted by Gasteiger charge is -2.27. The van der Waals surface area contributed by atoms with Gasteiger partial charge in [0.2, 0.25) is 0 Å². The molecule has 2 nitrogen and oxygen atoms in total. The molecule has 2 atom stereocenters. The zero-order chi connectivity index (χ0) is 14.6. The lowest BCUT2D eigenvalue weighted by Crippen LogP contribution is -2.29. The molecule has 2 unspecified atom stereocenters. The molecule has 0 aromatic heterocycles. The molecule has 1 aromatic rings. The van der Waals surface area contributed by atoms with Gasteiger partial charge in [-0.2, -0.15) is 0 Å². The van der Waals surface area contributed by atoms with Gasteiger partial charge in [-0.3, -0.25) is 0 Å². The van der Waals surface area contributed by atoms with Crippen molar-refractivity contribution in [3.63, 3.8) is 0 Å². The second-order valence-electron chi connectivity index (χ2n) is 6.60. The summed E-state index contributed by atoms with van der Waals surface area (Å²) in [5.41, 5.74) is 3.03. The van der Waals surface area contributed by atoms with Crippen LogP contribution in [0.5, 0.6) is 0 Å². The van der Waals surface area contributed by atoms with Gasteiger partial charge in [0.1, 0.15) is 0 Å². The van der Waals surface area contributed by atoms with Crippen LogP contribution in [0, 0.1) is 5.92 Å². The monoisotopic (exact) mass is 275 g/mol. The highest BCUT2D eigenvalue weighted by Crippen LogP contribution is 2.39. The summed E-state index contributed by atoms with van der Waals surface area (Å²) in [5, 5.41) is 3.75. The Kier molecular flexibility index (Phi) is 5.22. The molecule has 20 heavy (non-hydrogen) atoms. The lowest BCUT2D eigenvalue weighted by atomic mass is 9.90. The van der Waals surface area contributed by atoms with E-state index in [4.69, 9.17) is 4.74 Å². The molecule has 0 aliphatic heterocycles. The van der Waals surface area contributed by atoms with Crippen LogP contribution in [0.4, 0.5) is 0 Å². The first-order valence-electron chi connectivity index (χ1n) is 7.93. The van der Waals surface area contributed by atoms with Crippen LogP contribution in [-0.4, -0.2) is 19.3 Å². The van der Waals surface area contributed by atoms with Crippen molar-refractivity contribution in [2.45, 2.75) is 58.1 Å². The van der Waals surface area contributed by atoms with E-state index in [0.29, 0.717) is 12.0 Å². The van der Waals surface area contributed by atoms with Crippen molar-refractivity contribution >= 4 is 0 Å².